The van der Waals surface area contributed by atoms with Crippen LogP contribution in [0.1, 0.15) is 44.5 Å². The first-order valence-electron chi connectivity index (χ1n) is 8.86. The lowest BCUT2D eigenvalue weighted by atomic mass is 10.2. The third-order valence-electron chi connectivity index (χ3n) is 4.67. The quantitative estimate of drug-likeness (QED) is 0.812. The molecule has 8 nitrogen and oxygen atoms in total. The summed E-state index contributed by atoms with van der Waals surface area (Å²) in [6.45, 7) is 9.23. The van der Waals surface area contributed by atoms with E-state index < -0.39 is 0 Å². The van der Waals surface area contributed by atoms with Crippen LogP contribution < -0.4 is 5.32 Å². The van der Waals surface area contributed by atoms with Gasteiger partial charge in [0.1, 0.15) is 6.10 Å². The van der Waals surface area contributed by atoms with Gasteiger partial charge in [0, 0.05) is 32.8 Å². The Morgan fingerprint density at radius 1 is 1.42 bits per heavy atom. The van der Waals surface area contributed by atoms with Crippen molar-refractivity contribution in [1.82, 2.24) is 25.3 Å². The van der Waals surface area contributed by atoms with Crippen LogP contribution in [0.5, 0.6) is 0 Å². The van der Waals surface area contributed by atoms with E-state index in [0.29, 0.717) is 24.9 Å². The molecule has 0 radical (unpaired) electrons. The van der Waals surface area contributed by atoms with Crippen molar-refractivity contribution in [2.75, 3.05) is 39.3 Å². The summed E-state index contributed by atoms with van der Waals surface area (Å²) in [4.78, 5) is 21.0. The molecule has 3 heterocycles. The van der Waals surface area contributed by atoms with Crippen LogP contribution in [0.25, 0.3) is 0 Å². The van der Waals surface area contributed by atoms with Gasteiger partial charge in [-0.05, 0) is 33.2 Å². The van der Waals surface area contributed by atoms with Crippen molar-refractivity contribution in [3.8, 4) is 0 Å². The Morgan fingerprint density at radius 2 is 2.21 bits per heavy atom. The van der Waals surface area contributed by atoms with E-state index in [-0.39, 0.29) is 18.1 Å². The molecule has 2 atom stereocenters. The highest BCUT2D eigenvalue weighted by atomic mass is 16.5. The van der Waals surface area contributed by atoms with Gasteiger partial charge in [0.05, 0.1) is 12.6 Å². The fraction of sp³-hybridized carbons (Fsp3) is 0.812. The van der Waals surface area contributed by atoms with E-state index in [4.69, 9.17) is 9.26 Å². The standard InChI is InChI=1S/C16H27N5O3/c1-3-23-12(2)15-18-14(24-19-15)11-20-7-9-21(10-8-20)16(22)13-5-4-6-17-13/h12-13,17H,3-11H2,1-2H3/t12?,13-/m0/s1. The molecule has 1 aromatic rings. The monoisotopic (exact) mass is 337 g/mol. The van der Waals surface area contributed by atoms with Crippen molar-refractivity contribution in [3.05, 3.63) is 11.7 Å². The molecule has 1 N–H and O–H groups in total. The summed E-state index contributed by atoms with van der Waals surface area (Å²) in [5.41, 5.74) is 0. The van der Waals surface area contributed by atoms with Gasteiger partial charge in [0.15, 0.2) is 5.82 Å². The second-order valence-electron chi connectivity index (χ2n) is 6.39. The van der Waals surface area contributed by atoms with Crippen molar-refractivity contribution in [1.29, 1.82) is 0 Å². The zero-order valence-electron chi connectivity index (χ0n) is 14.5. The van der Waals surface area contributed by atoms with Crippen molar-refractivity contribution in [2.45, 2.75) is 45.4 Å². The minimum atomic E-state index is -0.152. The number of nitrogens with one attached hydrogen (secondary N) is 1. The molecule has 0 spiro atoms. The zero-order chi connectivity index (χ0) is 16.9. The lowest BCUT2D eigenvalue weighted by molar-refractivity contribution is -0.134. The van der Waals surface area contributed by atoms with E-state index in [1.807, 2.05) is 18.7 Å². The van der Waals surface area contributed by atoms with Gasteiger partial charge in [-0.15, -0.1) is 0 Å². The number of hydrogen-bond acceptors (Lipinski definition) is 7. The van der Waals surface area contributed by atoms with Gasteiger partial charge in [-0.1, -0.05) is 5.16 Å². The molecule has 1 aromatic heterocycles. The van der Waals surface area contributed by atoms with E-state index >= 15 is 0 Å². The van der Waals surface area contributed by atoms with E-state index in [1.54, 1.807) is 0 Å². The molecule has 134 valence electrons. The van der Waals surface area contributed by atoms with Crippen LogP contribution in [0.4, 0.5) is 0 Å². The van der Waals surface area contributed by atoms with Crippen molar-refractivity contribution in [3.63, 3.8) is 0 Å². The van der Waals surface area contributed by atoms with E-state index in [2.05, 4.69) is 20.4 Å². The lowest BCUT2D eigenvalue weighted by Gasteiger charge is -2.35. The molecule has 2 fully saturated rings. The second-order valence-corrected chi connectivity index (χ2v) is 6.39. The predicted molar refractivity (Wildman–Crippen MR) is 87.2 cm³/mol. The molecular formula is C16H27N5O3. The van der Waals surface area contributed by atoms with Crippen LogP contribution >= 0.6 is 0 Å². The Hall–Kier alpha value is -1.51. The highest BCUT2D eigenvalue weighted by Gasteiger charge is 2.29. The molecule has 2 aliphatic rings. The number of hydrogen-bond donors (Lipinski definition) is 1. The number of rotatable bonds is 6. The number of carbonyl (C=O) groups is 1. The van der Waals surface area contributed by atoms with Crippen LogP contribution in [0.3, 0.4) is 0 Å². The summed E-state index contributed by atoms with van der Waals surface area (Å²) in [5.74, 6) is 1.44. The van der Waals surface area contributed by atoms with Gasteiger partial charge >= 0.3 is 0 Å². The third kappa shape index (κ3) is 4.12. The van der Waals surface area contributed by atoms with Crippen LogP contribution in [0.2, 0.25) is 0 Å². The molecule has 0 saturated carbocycles. The Kier molecular flexibility index (Phi) is 5.80. The molecule has 2 saturated heterocycles. The predicted octanol–water partition coefficient (Wildman–Crippen LogP) is 0.563. The summed E-state index contributed by atoms with van der Waals surface area (Å²) in [5, 5.41) is 7.26. The van der Waals surface area contributed by atoms with Gasteiger partial charge in [-0.25, -0.2) is 0 Å². The summed E-state index contributed by atoms with van der Waals surface area (Å²) in [7, 11) is 0. The normalized spacial score (nSPS) is 23.6. The molecule has 0 aromatic carbocycles. The number of ether oxygens (including phenoxy) is 1. The number of piperazine rings is 1. The van der Waals surface area contributed by atoms with Gasteiger partial charge in [0.2, 0.25) is 11.8 Å². The third-order valence-corrected chi connectivity index (χ3v) is 4.67. The number of amides is 1. The largest absolute Gasteiger partial charge is 0.371 e. The number of carbonyl (C=O) groups excluding carboxylic acids is 1. The van der Waals surface area contributed by atoms with E-state index in [0.717, 1.165) is 45.6 Å². The average Bonchev–Trinajstić information content (AvgIpc) is 3.27. The SMILES string of the molecule is CCOC(C)c1noc(CN2CCN(C(=O)[C@@H]3CCCN3)CC2)n1. The maximum atomic E-state index is 12.4. The summed E-state index contributed by atoms with van der Waals surface area (Å²) < 4.78 is 10.8. The second kappa shape index (κ2) is 8.04. The van der Waals surface area contributed by atoms with Crippen LogP contribution in [-0.2, 0) is 16.1 Å². The van der Waals surface area contributed by atoms with Crippen LogP contribution in [0, 0.1) is 0 Å². The minimum Gasteiger partial charge on any atom is -0.371 e. The molecule has 2 aliphatic heterocycles. The van der Waals surface area contributed by atoms with Crippen LogP contribution in [-0.4, -0.2) is 71.2 Å². The summed E-state index contributed by atoms with van der Waals surface area (Å²) >= 11 is 0. The maximum Gasteiger partial charge on any atom is 0.240 e. The van der Waals surface area contributed by atoms with Gasteiger partial charge in [-0.2, -0.15) is 4.98 Å². The first kappa shape index (κ1) is 17.3. The first-order chi connectivity index (χ1) is 11.7. The van der Waals surface area contributed by atoms with E-state index in [9.17, 15) is 4.79 Å². The molecule has 0 aliphatic carbocycles. The molecular weight excluding hydrogens is 310 g/mol. The zero-order valence-corrected chi connectivity index (χ0v) is 14.5. The lowest BCUT2D eigenvalue weighted by Crippen LogP contribution is -2.52. The van der Waals surface area contributed by atoms with Crippen LogP contribution in [0.15, 0.2) is 4.52 Å². The van der Waals surface area contributed by atoms with Crippen molar-refractivity contribution >= 4 is 5.91 Å². The van der Waals surface area contributed by atoms with Gasteiger partial charge in [0.25, 0.3) is 0 Å². The van der Waals surface area contributed by atoms with Gasteiger partial charge in [-0.3, -0.25) is 9.69 Å². The Bertz CT molecular complexity index is 536. The minimum absolute atomic E-state index is 0.0232. The van der Waals surface area contributed by atoms with Gasteiger partial charge < -0.3 is 19.5 Å². The first-order valence-corrected chi connectivity index (χ1v) is 8.86. The topological polar surface area (TPSA) is 83.7 Å². The molecule has 1 amide bonds. The molecule has 0 bridgehead atoms. The van der Waals surface area contributed by atoms with Crippen molar-refractivity contribution in [2.24, 2.45) is 0 Å². The van der Waals surface area contributed by atoms with E-state index in [1.165, 1.54) is 0 Å². The van der Waals surface area contributed by atoms with Crippen molar-refractivity contribution < 1.29 is 14.1 Å². The Labute approximate surface area is 142 Å². The highest BCUT2D eigenvalue weighted by Crippen LogP contribution is 2.15. The Balaban J connectivity index is 1.46. The maximum absolute atomic E-state index is 12.4. The Morgan fingerprint density at radius 3 is 2.88 bits per heavy atom. The number of nitrogens with zero attached hydrogens (tertiary/aromatic N) is 4. The fourth-order valence-corrected chi connectivity index (χ4v) is 3.26. The molecule has 3 rings (SSSR count). The summed E-state index contributed by atoms with van der Waals surface area (Å²) in [6, 6.07) is 0.0232. The highest BCUT2D eigenvalue weighted by molar-refractivity contribution is 5.82. The molecule has 24 heavy (non-hydrogen) atoms. The fourth-order valence-electron chi connectivity index (χ4n) is 3.26. The molecule has 8 heteroatoms. The smallest absolute Gasteiger partial charge is 0.240 e. The average molecular weight is 337 g/mol. The number of aromatic nitrogens is 2. The molecule has 1 unspecified atom stereocenters. The summed E-state index contributed by atoms with van der Waals surface area (Å²) in [6.07, 6.45) is 1.90.